The van der Waals surface area contributed by atoms with Gasteiger partial charge in [-0.15, -0.1) is 0 Å². The molecule has 0 saturated carbocycles. The van der Waals surface area contributed by atoms with Crippen LogP contribution in [0.3, 0.4) is 0 Å². The van der Waals surface area contributed by atoms with Crippen molar-refractivity contribution in [2.45, 2.75) is 6.04 Å². The average Bonchev–Trinajstić information content (AvgIpc) is 3.11. The Balaban J connectivity index is 1.75. The summed E-state index contributed by atoms with van der Waals surface area (Å²) in [5.41, 5.74) is 1.86. The molecule has 1 atom stereocenters. The van der Waals surface area contributed by atoms with Crippen LogP contribution < -0.4 is 5.32 Å². The van der Waals surface area contributed by atoms with Gasteiger partial charge in [-0.25, -0.2) is 0 Å². The number of nitrogens with one attached hydrogen (secondary N) is 1. The number of rotatable bonds is 5. The van der Waals surface area contributed by atoms with Gasteiger partial charge in [-0.2, -0.15) is 0 Å². The summed E-state index contributed by atoms with van der Waals surface area (Å²) >= 11 is 0. The third-order valence-corrected chi connectivity index (χ3v) is 3.49. The molecule has 3 rings (SSSR count). The molecule has 1 amide bonds. The molecule has 0 spiro atoms. The van der Waals surface area contributed by atoms with Crippen LogP contribution in [0.4, 0.5) is 0 Å². The summed E-state index contributed by atoms with van der Waals surface area (Å²) in [5, 5.41) is 16.1. The molecule has 2 aromatic carbocycles. The quantitative estimate of drug-likeness (QED) is 0.760. The molecule has 0 aliphatic rings. The number of amides is 1. The molecule has 3 aromatic rings. The summed E-state index contributed by atoms with van der Waals surface area (Å²) < 4.78 is 5.22. The second-order valence-corrected chi connectivity index (χ2v) is 5.06. The van der Waals surface area contributed by atoms with Gasteiger partial charge in [-0.05, 0) is 5.56 Å². The normalized spacial score (nSPS) is 11.9. The van der Waals surface area contributed by atoms with Crippen molar-refractivity contribution in [3.8, 4) is 11.3 Å². The Morgan fingerprint density at radius 2 is 1.74 bits per heavy atom. The zero-order chi connectivity index (χ0) is 16.1. The SMILES string of the molecule is O=C(NC(CO)c1ccccc1)c1cc(-c2ccccc2)on1. The van der Waals surface area contributed by atoms with E-state index in [0.717, 1.165) is 11.1 Å². The van der Waals surface area contributed by atoms with E-state index in [0.29, 0.717) is 5.76 Å². The van der Waals surface area contributed by atoms with Crippen LogP contribution >= 0.6 is 0 Å². The summed E-state index contributed by atoms with van der Waals surface area (Å²) in [6.45, 7) is -0.195. The fraction of sp³-hybridized carbons (Fsp3) is 0.111. The van der Waals surface area contributed by atoms with Crippen molar-refractivity contribution in [2.24, 2.45) is 0 Å². The first-order valence-electron chi connectivity index (χ1n) is 7.26. The molecule has 1 aromatic heterocycles. The van der Waals surface area contributed by atoms with Gasteiger partial charge in [-0.3, -0.25) is 4.79 Å². The lowest BCUT2D eigenvalue weighted by Crippen LogP contribution is -2.30. The summed E-state index contributed by atoms with van der Waals surface area (Å²) in [6, 6.07) is 19.8. The van der Waals surface area contributed by atoms with Crippen LogP contribution in [0.1, 0.15) is 22.1 Å². The molecular formula is C18H16N2O3. The molecule has 5 nitrogen and oxygen atoms in total. The van der Waals surface area contributed by atoms with Gasteiger partial charge in [0.2, 0.25) is 0 Å². The first-order chi connectivity index (χ1) is 11.3. The van der Waals surface area contributed by atoms with E-state index in [-0.39, 0.29) is 18.2 Å². The van der Waals surface area contributed by atoms with E-state index in [9.17, 15) is 9.90 Å². The maximum Gasteiger partial charge on any atom is 0.274 e. The van der Waals surface area contributed by atoms with Crippen molar-refractivity contribution in [1.82, 2.24) is 10.5 Å². The maximum absolute atomic E-state index is 12.3. The summed E-state index contributed by atoms with van der Waals surface area (Å²) in [5.74, 6) is 0.134. The van der Waals surface area contributed by atoms with Crippen molar-refractivity contribution in [2.75, 3.05) is 6.61 Å². The topological polar surface area (TPSA) is 75.4 Å². The molecule has 0 fully saturated rings. The van der Waals surface area contributed by atoms with Gasteiger partial charge in [0.15, 0.2) is 11.5 Å². The summed E-state index contributed by atoms with van der Waals surface area (Å²) in [7, 11) is 0. The second kappa shape index (κ2) is 6.89. The summed E-state index contributed by atoms with van der Waals surface area (Å²) in [6.07, 6.45) is 0. The van der Waals surface area contributed by atoms with Gasteiger partial charge in [0, 0.05) is 11.6 Å². The lowest BCUT2D eigenvalue weighted by atomic mass is 10.1. The number of aliphatic hydroxyl groups is 1. The third kappa shape index (κ3) is 3.46. The lowest BCUT2D eigenvalue weighted by molar-refractivity contribution is 0.0907. The minimum Gasteiger partial charge on any atom is -0.394 e. The van der Waals surface area contributed by atoms with Crippen LogP contribution in [0, 0.1) is 0 Å². The Bertz CT molecular complexity index is 769. The van der Waals surface area contributed by atoms with Crippen LogP contribution in [0.2, 0.25) is 0 Å². The molecule has 1 unspecified atom stereocenters. The molecule has 1 heterocycles. The minimum absolute atomic E-state index is 0.179. The molecule has 23 heavy (non-hydrogen) atoms. The van der Waals surface area contributed by atoms with E-state index in [1.807, 2.05) is 60.7 Å². The first-order valence-corrected chi connectivity index (χ1v) is 7.26. The molecule has 0 bridgehead atoms. The molecule has 5 heteroatoms. The smallest absolute Gasteiger partial charge is 0.274 e. The highest BCUT2D eigenvalue weighted by molar-refractivity contribution is 5.93. The Morgan fingerprint density at radius 3 is 2.39 bits per heavy atom. The monoisotopic (exact) mass is 308 g/mol. The van der Waals surface area contributed by atoms with Crippen molar-refractivity contribution in [3.63, 3.8) is 0 Å². The predicted octanol–water partition coefficient (Wildman–Crippen LogP) is 2.81. The van der Waals surface area contributed by atoms with Gasteiger partial charge < -0.3 is 14.9 Å². The van der Waals surface area contributed by atoms with E-state index in [1.54, 1.807) is 6.07 Å². The standard InChI is InChI=1S/C18H16N2O3/c21-12-16(13-7-3-1-4-8-13)19-18(22)15-11-17(23-20-15)14-9-5-2-6-10-14/h1-11,16,21H,12H2,(H,19,22). The van der Waals surface area contributed by atoms with Gasteiger partial charge in [0.1, 0.15) is 0 Å². The first kappa shape index (κ1) is 15.0. The molecule has 0 radical (unpaired) electrons. The predicted molar refractivity (Wildman–Crippen MR) is 85.7 cm³/mol. The van der Waals surface area contributed by atoms with E-state index in [1.165, 1.54) is 0 Å². The molecule has 116 valence electrons. The molecule has 0 saturated heterocycles. The fourth-order valence-electron chi connectivity index (χ4n) is 2.27. The Labute approximate surface area is 133 Å². The average molecular weight is 308 g/mol. The highest BCUT2D eigenvalue weighted by Crippen LogP contribution is 2.20. The van der Waals surface area contributed by atoms with Gasteiger partial charge in [0.05, 0.1) is 12.6 Å². The van der Waals surface area contributed by atoms with Gasteiger partial charge >= 0.3 is 0 Å². The zero-order valence-corrected chi connectivity index (χ0v) is 12.3. The Hall–Kier alpha value is -2.92. The number of aromatic nitrogens is 1. The van der Waals surface area contributed by atoms with Crippen molar-refractivity contribution in [3.05, 3.63) is 78.0 Å². The number of hydrogen-bond donors (Lipinski definition) is 2. The second-order valence-electron chi connectivity index (χ2n) is 5.06. The maximum atomic E-state index is 12.3. The van der Waals surface area contributed by atoms with Crippen LogP contribution in [0.5, 0.6) is 0 Å². The van der Waals surface area contributed by atoms with Crippen molar-refractivity contribution in [1.29, 1.82) is 0 Å². The van der Waals surface area contributed by atoms with Crippen LogP contribution in [0.25, 0.3) is 11.3 Å². The Morgan fingerprint density at radius 1 is 1.09 bits per heavy atom. The molecular weight excluding hydrogens is 292 g/mol. The van der Waals surface area contributed by atoms with Gasteiger partial charge in [0.25, 0.3) is 5.91 Å². The molecule has 0 aliphatic carbocycles. The summed E-state index contributed by atoms with van der Waals surface area (Å²) in [4.78, 5) is 12.3. The minimum atomic E-state index is -0.486. The van der Waals surface area contributed by atoms with E-state index >= 15 is 0 Å². The molecule has 0 aliphatic heterocycles. The number of carbonyl (C=O) groups is 1. The fourth-order valence-corrected chi connectivity index (χ4v) is 2.27. The number of nitrogens with zero attached hydrogens (tertiary/aromatic N) is 1. The van der Waals surface area contributed by atoms with E-state index < -0.39 is 6.04 Å². The third-order valence-electron chi connectivity index (χ3n) is 3.49. The van der Waals surface area contributed by atoms with Crippen LogP contribution in [0.15, 0.2) is 71.3 Å². The van der Waals surface area contributed by atoms with Gasteiger partial charge in [-0.1, -0.05) is 65.8 Å². The Kier molecular flexibility index (Phi) is 4.49. The highest BCUT2D eigenvalue weighted by Gasteiger charge is 2.18. The van der Waals surface area contributed by atoms with Crippen molar-refractivity contribution < 1.29 is 14.4 Å². The van der Waals surface area contributed by atoms with E-state index in [2.05, 4.69) is 10.5 Å². The highest BCUT2D eigenvalue weighted by atomic mass is 16.5. The molecule has 2 N–H and O–H groups in total. The van der Waals surface area contributed by atoms with Crippen LogP contribution in [-0.4, -0.2) is 22.8 Å². The van der Waals surface area contributed by atoms with E-state index in [4.69, 9.17) is 4.52 Å². The number of benzene rings is 2. The zero-order valence-electron chi connectivity index (χ0n) is 12.3. The van der Waals surface area contributed by atoms with Crippen LogP contribution in [-0.2, 0) is 0 Å². The number of carbonyl (C=O) groups excluding carboxylic acids is 1. The van der Waals surface area contributed by atoms with Crippen molar-refractivity contribution >= 4 is 5.91 Å². The largest absolute Gasteiger partial charge is 0.394 e. The number of hydrogen-bond acceptors (Lipinski definition) is 4. The lowest BCUT2D eigenvalue weighted by Gasteiger charge is -2.15. The number of aliphatic hydroxyl groups excluding tert-OH is 1.